The fourth-order valence-electron chi connectivity index (χ4n) is 2.87. The van der Waals surface area contributed by atoms with Crippen LogP contribution < -0.4 is 5.32 Å². The van der Waals surface area contributed by atoms with E-state index in [0.717, 1.165) is 35.4 Å². The number of amides is 1. The summed E-state index contributed by atoms with van der Waals surface area (Å²) in [6.45, 7) is 6.22. The lowest BCUT2D eigenvalue weighted by molar-refractivity contribution is -0.123. The Morgan fingerprint density at radius 3 is 2.57 bits per heavy atom. The smallest absolute Gasteiger partial charge is 0.242 e. The molecule has 4 heteroatoms. The molecule has 1 amide bonds. The van der Waals surface area contributed by atoms with E-state index in [1.165, 1.54) is 0 Å². The van der Waals surface area contributed by atoms with E-state index in [0.29, 0.717) is 0 Å². The Bertz CT molecular complexity index is 686. The van der Waals surface area contributed by atoms with Crippen LogP contribution in [0.3, 0.4) is 0 Å². The topological polar surface area (TPSA) is 46.9 Å². The van der Waals surface area contributed by atoms with Gasteiger partial charge in [-0.3, -0.25) is 4.79 Å². The zero-order valence-corrected chi connectivity index (χ0v) is 14.3. The second kappa shape index (κ2) is 7.77. The Kier molecular flexibility index (Phi) is 5.74. The highest BCUT2D eigenvalue weighted by atomic mass is 16.2. The summed E-state index contributed by atoms with van der Waals surface area (Å²) in [6.07, 6.45) is 5.63. The molecule has 2 aromatic rings. The van der Waals surface area contributed by atoms with Crippen LogP contribution in [0.2, 0.25) is 0 Å². The van der Waals surface area contributed by atoms with Crippen molar-refractivity contribution in [3.05, 3.63) is 48.4 Å². The number of rotatable bonds is 6. The zero-order chi connectivity index (χ0) is 16.8. The minimum Gasteiger partial charge on any atom is -0.357 e. The average molecular weight is 311 g/mol. The monoisotopic (exact) mass is 311 g/mol. The number of benzene rings is 1. The first-order valence-corrected chi connectivity index (χ1v) is 8.14. The summed E-state index contributed by atoms with van der Waals surface area (Å²) < 4.78 is 2.00. The van der Waals surface area contributed by atoms with Crippen molar-refractivity contribution in [3.8, 4) is 11.3 Å². The van der Waals surface area contributed by atoms with Crippen LogP contribution in [0.4, 0.5) is 0 Å². The summed E-state index contributed by atoms with van der Waals surface area (Å²) >= 11 is 0. The van der Waals surface area contributed by atoms with E-state index in [-0.39, 0.29) is 11.9 Å². The lowest BCUT2D eigenvalue weighted by atomic mass is 10.0. The second-order valence-corrected chi connectivity index (χ2v) is 5.55. The standard InChI is InChI=1S/C19H25N3O/c1-5-10-14(3)18-17(15-11-8-7-9-12-15)21-13-22(18)16(6-2)19(23)20-4/h7-13,16H,5-6H2,1-4H3,(H,20,23)/b14-10+/t16-/m1/s1. The maximum Gasteiger partial charge on any atom is 0.242 e. The predicted molar refractivity (Wildman–Crippen MR) is 95.0 cm³/mol. The minimum absolute atomic E-state index is 0.00931. The number of imidazole rings is 1. The van der Waals surface area contributed by atoms with Gasteiger partial charge in [0.15, 0.2) is 0 Å². The van der Waals surface area contributed by atoms with E-state index in [4.69, 9.17) is 0 Å². The number of nitrogens with zero attached hydrogens (tertiary/aromatic N) is 2. The number of hydrogen-bond donors (Lipinski definition) is 1. The zero-order valence-electron chi connectivity index (χ0n) is 14.3. The number of carbonyl (C=O) groups excluding carboxylic acids is 1. The number of hydrogen-bond acceptors (Lipinski definition) is 2. The van der Waals surface area contributed by atoms with Crippen molar-refractivity contribution >= 4 is 11.5 Å². The Morgan fingerprint density at radius 2 is 2.00 bits per heavy atom. The highest BCUT2D eigenvalue weighted by molar-refractivity contribution is 5.82. The summed E-state index contributed by atoms with van der Waals surface area (Å²) in [6, 6.07) is 9.86. The molecule has 1 aromatic heterocycles. The van der Waals surface area contributed by atoms with Crippen molar-refractivity contribution in [2.45, 2.75) is 39.7 Å². The molecule has 0 fully saturated rings. The van der Waals surface area contributed by atoms with Crippen molar-refractivity contribution in [2.24, 2.45) is 0 Å². The van der Waals surface area contributed by atoms with Gasteiger partial charge in [-0.1, -0.05) is 50.3 Å². The van der Waals surface area contributed by atoms with E-state index >= 15 is 0 Å². The molecule has 0 aliphatic heterocycles. The van der Waals surface area contributed by atoms with Crippen LogP contribution in [0.5, 0.6) is 0 Å². The van der Waals surface area contributed by atoms with E-state index in [2.05, 4.69) is 42.4 Å². The van der Waals surface area contributed by atoms with Crippen LogP contribution in [0.1, 0.15) is 45.3 Å². The number of carbonyl (C=O) groups is 1. The molecule has 1 heterocycles. The quantitative estimate of drug-likeness (QED) is 0.874. The molecule has 0 saturated heterocycles. The maximum absolute atomic E-state index is 12.2. The first-order chi connectivity index (χ1) is 11.1. The van der Waals surface area contributed by atoms with Crippen LogP contribution in [0.15, 0.2) is 42.7 Å². The van der Waals surface area contributed by atoms with E-state index in [1.807, 2.05) is 29.7 Å². The molecule has 0 saturated carbocycles. The van der Waals surface area contributed by atoms with E-state index in [9.17, 15) is 4.79 Å². The van der Waals surface area contributed by atoms with Gasteiger partial charge in [-0.15, -0.1) is 0 Å². The highest BCUT2D eigenvalue weighted by Crippen LogP contribution is 2.31. The molecule has 122 valence electrons. The predicted octanol–water partition coefficient (Wildman–Crippen LogP) is 4.06. The van der Waals surface area contributed by atoms with Gasteiger partial charge in [0.25, 0.3) is 0 Å². The van der Waals surface area contributed by atoms with Gasteiger partial charge in [0.05, 0.1) is 17.7 Å². The number of nitrogens with one attached hydrogen (secondary N) is 1. The normalized spacial score (nSPS) is 13.0. The van der Waals surface area contributed by atoms with Gasteiger partial charge in [0.2, 0.25) is 5.91 Å². The molecule has 0 aliphatic carbocycles. The van der Waals surface area contributed by atoms with Gasteiger partial charge in [0, 0.05) is 12.6 Å². The number of likely N-dealkylation sites (N-methyl/N-ethyl adjacent to an activating group) is 1. The van der Waals surface area contributed by atoms with Crippen LogP contribution in [-0.2, 0) is 4.79 Å². The largest absolute Gasteiger partial charge is 0.357 e. The third-order valence-corrected chi connectivity index (χ3v) is 4.00. The van der Waals surface area contributed by atoms with Gasteiger partial charge in [-0.2, -0.15) is 0 Å². The SMILES string of the molecule is CC/C=C(\C)c1c(-c2ccccc2)ncn1[C@H](CC)C(=O)NC. The first kappa shape index (κ1) is 17.0. The van der Waals surface area contributed by atoms with Gasteiger partial charge in [-0.25, -0.2) is 4.98 Å². The average Bonchev–Trinajstić information content (AvgIpc) is 3.01. The molecule has 1 N–H and O–H groups in total. The van der Waals surface area contributed by atoms with E-state index < -0.39 is 0 Å². The number of aromatic nitrogens is 2. The van der Waals surface area contributed by atoms with Crippen LogP contribution in [0, 0.1) is 0 Å². The molecule has 2 rings (SSSR count). The summed E-state index contributed by atoms with van der Waals surface area (Å²) in [5.41, 5.74) is 4.16. The lowest BCUT2D eigenvalue weighted by Crippen LogP contribution is -2.29. The third-order valence-electron chi connectivity index (χ3n) is 4.00. The first-order valence-electron chi connectivity index (χ1n) is 8.14. The molecule has 4 nitrogen and oxygen atoms in total. The Labute approximate surface area is 138 Å². The summed E-state index contributed by atoms with van der Waals surface area (Å²) in [5.74, 6) is 0.00931. The van der Waals surface area contributed by atoms with Crippen molar-refractivity contribution in [1.29, 1.82) is 0 Å². The van der Waals surface area contributed by atoms with Crippen LogP contribution in [0.25, 0.3) is 16.8 Å². The molecular weight excluding hydrogens is 286 g/mol. The van der Waals surface area contributed by atoms with Crippen LogP contribution in [-0.4, -0.2) is 22.5 Å². The highest BCUT2D eigenvalue weighted by Gasteiger charge is 2.23. The van der Waals surface area contributed by atoms with Crippen molar-refractivity contribution in [2.75, 3.05) is 7.05 Å². The fourth-order valence-corrected chi connectivity index (χ4v) is 2.87. The van der Waals surface area contributed by atoms with Gasteiger partial charge >= 0.3 is 0 Å². The van der Waals surface area contributed by atoms with Crippen LogP contribution >= 0.6 is 0 Å². The molecule has 1 atom stereocenters. The summed E-state index contributed by atoms with van der Waals surface area (Å²) in [7, 11) is 1.68. The van der Waals surface area contributed by atoms with Gasteiger partial charge < -0.3 is 9.88 Å². The van der Waals surface area contributed by atoms with Gasteiger partial charge in [0.1, 0.15) is 6.04 Å². The molecule has 0 radical (unpaired) electrons. The second-order valence-electron chi connectivity index (χ2n) is 5.55. The molecule has 0 unspecified atom stereocenters. The molecule has 1 aromatic carbocycles. The number of allylic oxidation sites excluding steroid dienone is 2. The van der Waals surface area contributed by atoms with Crippen molar-refractivity contribution in [1.82, 2.24) is 14.9 Å². The molecular formula is C19H25N3O. The Morgan fingerprint density at radius 1 is 1.30 bits per heavy atom. The summed E-state index contributed by atoms with van der Waals surface area (Å²) in [4.78, 5) is 16.9. The Hall–Kier alpha value is -2.36. The van der Waals surface area contributed by atoms with Crippen molar-refractivity contribution in [3.63, 3.8) is 0 Å². The third kappa shape index (κ3) is 3.52. The maximum atomic E-state index is 12.2. The molecule has 0 bridgehead atoms. The lowest BCUT2D eigenvalue weighted by Gasteiger charge is -2.19. The molecule has 23 heavy (non-hydrogen) atoms. The van der Waals surface area contributed by atoms with Gasteiger partial charge in [-0.05, 0) is 25.3 Å². The molecule has 0 aliphatic rings. The summed E-state index contributed by atoms with van der Waals surface area (Å²) in [5, 5.41) is 2.75. The fraction of sp³-hybridized carbons (Fsp3) is 0.368. The Balaban J connectivity index is 2.62. The molecule has 0 spiro atoms. The van der Waals surface area contributed by atoms with Crippen molar-refractivity contribution < 1.29 is 4.79 Å². The van der Waals surface area contributed by atoms with E-state index in [1.54, 1.807) is 13.4 Å². The minimum atomic E-state index is -0.250.